The lowest BCUT2D eigenvalue weighted by molar-refractivity contribution is 0.251. The molecule has 3 aromatic rings. The first kappa shape index (κ1) is 18.2. The van der Waals surface area contributed by atoms with Crippen LogP contribution in [0.5, 0.6) is 0 Å². The summed E-state index contributed by atoms with van der Waals surface area (Å²) in [5.74, 6) is 0.684. The largest absolute Gasteiger partial charge is 0.351 e. The summed E-state index contributed by atoms with van der Waals surface area (Å²) in [5, 5.41) is 0.858. The predicted octanol–water partition coefficient (Wildman–Crippen LogP) is 4.27. The smallest absolute Gasteiger partial charge is 0.325 e. The van der Waals surface area contributed by atoms with E-state index < -0.39 is 6.03 Å². The summed E-state index contributed by atoms with van der Waals surface area (Å²) >= 11 is 13.1. The molecule has 1 aliphatic carbocycles. The number of nitrogens with two attached hydrogens (primary N) is 1. The Hall–Kier alpha value is -2.15. The number of hydrogen-bond acceptors (Lipinski definition) is 4. The van der Waals surface area contributed by atoms with Gasteiger partial charge in [0.25, 0.3) is 0 Å². The van der Waals surface area contributed by atoms with Gasteiger partial charge in [-0.25, -0.2) is 14.3 Å². The lowest BCUT2D eigenvalue weighted by atomic mass is 10.1. The molecular weight excluding hydrogens is 385 g/mol. The number of halogens is 2. The van der Waals surface area contributed by atoms with E-state index in [1.54, 1.807) is 12.3 Å². The molecule has 0 spiro atoms. The second-order valence-corrected chi connectivity index (χ2v) is 7.93. The highest BCUT2D eigenvalue weighted by atomic mass is 35.5. The summed E-state index contributed by atoms with van der Waals surface area (Å²) in [6, 6.07) is 4.82. The Balaban J connectivity index is 1.96. The quantitative estimate of drug-likeness (QED) is 0.705. The topological polar surface area (TPSA) is 77.0 Å². The van der Waals surface area contributed by atoms with E-state index in [0.29, 0.717) is 44.9 Å². The minimum atomic E-state index is -0.632. The SMILES string of the molecule is CN(C)Cc1cc(Cl)c(-c2nc3ccnc(C4CC4)c3n2C(N)=O)c(Cl)c1. The van der Waals surface area contributed by atoms with Gasteiger partial charge in [-0.2, -0.15) is 0 Å². The predicted molar refractivity (Wildman–Crippen MR) is 107 cm³/mol. The summed E-state index contributed by atoms with van der Waals surface area (Å²) < 4.78 is 1.38. The Kier molecular flexibility index (Phi) is 4.58. The molecule has 6 nitrogen and oxygen atoms in total. The fourth-order valence-corrected chi connectivity index (χ4v) is 4.08. The van der Waals surface area contributed by atoms with Crippen molar-refractivity contribution >= 4 is 40.3 Å². The molecule has 8 heteroatoms. The van der Waals surface area contributed by atoms with Gasteiger partial charge in [-0.1, -0.05) is 23.2 Å². The number of pyridine rings is 1. The number of carbonyl (C=O) groups is 1. The highest BCUT2D eigenvalue weighted by Gasteiger charge is 2.31. The monoisotopic (exact) mass is 403 g/mol. The number of imidazole rings is 1. The molecule has 1 aliphatic rings. The van der Waals surface area contributed by atoms with Gasteiger partial charge < -0.3 is 10.6 Å². The molecule has 1 fully saturated rings. The van der Waals surface area contributed by atoms with Crippen LogP contribution in [-0.4, -0.2) is 39.6 Å². The Morgan fingerprint density at radius 2 is 1.96 bits per heavy atom. The van der Waals surface area contributed by atoms with E-state index in [1.807, 2.05) is 31.1 Å². The molecule has 0 aliphatic heterocycles. The number of carbonyl (C=O) groups excluding carboxylic acids is 1. The number of rotatable bonds is 4. The van der Waals surface area contributed by atoms with Gasteiger partial charge in [0.05, 0.1) is 32.3 Å². The minimum Gasteiger partial charge on any atom is -0.351 e. The van der Waals surface area contributed by atoms with E-state index in [1.165, 1.54) is 4.57 Å². The van der Waals surface area contributed by atoms with Gasteiger partial charge in [0.1, 0.15) is 0 Å². The van der Waals surface area contributed by atoms with Crippen molar-refractivity contribution < 1.29 is 4.79 Å². The third-order valence-corrected chi connectivity index (χ3v) is 5.20. The van der Waals surface area contributed by atoms with E-state index in [4.69, 9.17) is 28.9 Å². The number of fused-ring (bicyclic) bond motifs is 1. The number of amides is 1. The number of primary amides is 1. The third kappa shape index (κ3) is 3.29. The van der Waals surface area contributed by atoms with Crippen LogP contribution in [0, 0.1) is 0 Å². The number of nitrogens with zero attached hydrogens (tertiary/aromatic N) is 4. The fourth-order valence-electron chi connectivity index (χ4n) is 3.38. The third-order valence-electron chi connectivity index (χ3n) is 4.60. The Labute approximate surface area is 166 Å². The average molecular weight is 404 g/mol. The maximum absolute atomic E-state index is 12.3. The van der Waals surface area contributed by atoms with Gasteiger partial charge in [-0.15, -0.1) is 0 Å². The number of benzene rings is 1. The Morgan fingerprint density at radius 3 is 2.52 bits per heavy atom. The van der Waals surface area contributed by atoms with Crippen molar-refractivity contribution in [1.29, 1.82) is 0 Å². The summed E-state index contributed by atoms with van der Waals surface area (Å²) in [6.45, 7) is 0.696. The van der Waals surface area contributed by atoms with Crippen LogP contribution in [0.3, 0.4) is 0 Å². The second kappa shape index (κ2) is 6.78. The van der Waals surface area contributed by atoms with Crippen molar-refractivity contribution in [3.63, 3.8) is 0 Å². The zero-order valence-corrected chi connectivity index (χ0v) is 16.6. The van der Waals surface area contributed by atoms with Gasteiger partial charge in [-0.05, 0) is 50.7 Å². The standard InChI is InChI=1S/C19H19Cl2N5O/c1-25(2)9-10-7-12(20)15(13(21)8-10)18-24-14-5-6-23-16(11-3-4-11)17(14)26(18)19(22)27/h5-8,11H,3-4,9H2,1-2H3,(H2,22,27). The van der Waals surface area contributed by atoms with Crippen molar-refractivity contribution in [2.45, 2.75) is 25.3 Å². The second-order valence-electron chi connectivity index (χ2n) is 7.12. The lowest BCUT2D eigenvalue weighted by Crippen LogP contribution is -2.21. The molecule has 1 aromatic carbocycles. The molecule has 0 bridgehead atoms. The van der Waals surface area contributed by atoms with Crippen molar-refractivity contribution in [1.82, 2.24) is 19.4 Å². The number of aromatic nitrogens is 3. The van der Waals surface area contributed by atoms with Gasteiger partial charge in [0, 0.05) is 18.7 Å². The van der Waals surface area contributed by atoms with Crippen molar-refractivity contribution in [3.8, 4) is 11.4 Å². The first-order valence-corrected chi connectivity index (χ1v) is 9.42. The zero-order valence-electron chi connectivity index (χ0n) is 15.0. The molecule has 0 saturated heterocycles. The first-order chi connectivity index (χ1) is 12.9. The molecule has 2 heterocycles. The molecule has 1 amide bonds. The van der Waals surface area contributed by atoms with Gasteiger partial charge in [-0.3, -0.25) is 4.98 Å². The van der Waals surface area contributed by atoms with Crippen LogP contribution in [0.25, 0.3) is 22.4 Å². The van der Waals surface area contributed by atoms with Crippen molar-refractivity contribution in [3.05, 3.63) is 45.7 Å². The molecule has 0 atom stereocenters. The van der Waals surface area contributed by atoms with Crippen LogP contribution in [0.15, 0.2) is 24.4 Å². The molecule has 4 rings (SSSR count). The van der Waals surface area contributed by atoms with E-state index in [-0.39, 0.29) is 0 Å². The van der Waals surface area contributed by atoms with Gasteiger partial charge in [0.15, 0.2) is 5.82 Å². The van der Waals surface area contributed by atoms with Crippen LogP contribution in [-0.2, 0) is 6.54 Å². The maximum atomic E-state index is 12.3. The van der Waals surface area contributed by atoms with E-state index in [0.717, 1.165) is 24.1 Å². The molecule has 0 radical (unpaired) electrons. The zero-order chi connectivity index (χ0) is 19.3. The van der Waals surface area contributed by atoms with Crippen LogP contribution in [0.4, 0.5) is 4.79 Å². The first-order valence-electron chi connectivity index (χ1n) is 8.67. The maximum Gasteiger partial charge on any atom is 0.325 e. The highest BCUT2D eigenvalue weighted by Crippen LogP contribution is 2.43. The average Bonchev–Trinajstić information content (AvgIpc) is 3.33. The van der Waals surface area contributed by atoms with Crippen LogP contribution < -0.4 is 5.73 Å². The van der Waals surface area contributed by atoms with Gasteiger partial charge >= 0.3 is 6.03 Å². The Bertz CT molecular complexity index is 1030. The molecule has 0 unspecified atom stereocenters. The summed E-state index contributed by atoms with van der Waals surface area (Å²) in [5.41, 5.74) is 9.33. The molecule has 1 saturated carbocycles. The lowest BCUT2D eigenvalue weighted by Gasteiger charge is -2.14. The number of hydrogen-bond donors (Lipinski definition) is 1. The van der Waals surface area contributed by atoms with Crippen molar-refractivity contribution in [2.24, 2.45) is 5.73 Å². The molecule has 2 N–H and O–H groups in total. The summed E-state index contributed by atoms with van der Waals surface area (Å²) in [6.07, 6.45) is 3.81. The normalized spacial score (nSPS) is 14.3. The van der Waals surface area contributed by atoms with Crippen LogP contribution >= 0.6 is 23.2 Å². The molecule has 27 heavy (non-hydrogen) atoms. The van der Waals surface area contributed by atoms with Gasteiger partial charge in [0.2, 0.25) is 0 Å². The van der Waals surface area contributed by atoms with Crippen molar-refractivity contribution in [2.75, 3.05) is 14.1 Å². The molecular formula is C19H19Cl2N5O. The molecule has 140 valence electrons. The summed E-state index contributed by atoms with van der Waals surface area (Å²) in [7, 11) is 3.93. The Morgan fingerprint density at radius 1 is 1.30 bits per heavy atom. The fraction of sp³-hybridized carbons (Fsp3) is 0.316. The van der Waals surface area contributed by atoms with E-state index in [2.05, 4.69) is 9.97 Å². The van der Waals surface area contributed by atoms with E-state index >= 15 is 0 Å². The minimum absolute atomic E-state index is 0.338. The summed E-state index contributed by atoms with van der Waals surface area (Å²) in [4.78, 5) is 23.4. The van der Waals surface area contributed by atoms with Crippen LogP contribution in [0.2, 0.25) is 10.0 Å². The molecule has 2 aromatic heterocycles. The van der Waals surface area contributed by atoms with Crippen LogP contribution in [0.1, 0.15) is 30.0 Å². The van der Waals surface area contributed by atoms with E-state index in [9.17, 15) is 4.79 Å². The highest BCUT2D eigenvalue weighted by molar-refractivity contribution is 6.39.